The van der Waals surface area contributed by atoms with Crippen LogP contribution in [0.2, 0.25) is 0 Å². The summed E-state index contributed by atoms with van der Waals surface area (Å²) >= 11 is 0. The molecule has 2 aromatic carbocycles. The van der Waals surface area contributed by atoms with Gasteiger partial charge in [-0.3, -0.25) is 0 Å². The van der Waals surface area contributed by atoms with Crippen LogP contribution >= 0.6 is 0 Å². The number of hydrogen-bond acceptors (Lipinski definition) is 9. The first kappa shape index (κ1) is 23.8. The van der Waals surface area contributed by atoms with Gasteiger partial charge in [-0.15, -0.1) is 0 Å². The molecule has 9 heteroatoms. The summed E-state index contributed by atoms with van der Waals surface area (Å²) in [4.78, 5) is 23.8. The van der Waals surface area contributed by atoms with Crippen LogP contribution in [0.15, 0.2) is 48.5 Å². The molecule has 0 heterocycles. The lowest BCUT2D eigenvalue weighted by Crippen LogP contribution is -2.28. The monoisotopic (exact) mass is 432 g/mol. The molecule has 0 bridgehead atoms. The molecular formula is C22H28N2O7. The Bertz CT molecular complexity index is 755. The van der Waals surface area contributed by atoms with Crippen molar-refractivity contribution in [3.05, 3.63) is 48.5 Å². The van der Waals surface area contributed by atoms with E-state index in [9.17, 15) is 9.59 Å². The molecule has 0 spiro atoms. The first-order valence-electron chi connectivity index (χ1n) is 9.80. The lowest BCUT2D eigenvalue weighted by atomic mass is 10.3. The lowest BCUT2D eigenvalue weighted by Gasteiger charge is -2.15. The number of ether oxygens (including phenoxy) is 5. The maximum atomic E-state index is 11.9. The highest BCUT2D eigenvalue weighted by Gasteiger charge is 2.17. The van der Waals surface area contributed by atoms with Crippen LogP contribution in [0, 0.1) is 0 Å². The molecule has 31 heavy (non-hydrogen) atoms. The Morgan fingerprint density at radius 2 is 1.03 bits per heavy atom. The van der Waals surface area contributed by atoms with E-state index in [1.165, 1.54) is 0 Å². The average Bonchev–Trinajstić information content (AvgIpc) is 2.75. The van der Waals surface area contributed by atoms with Crippen LogP contribution in [0.3, 0.4) is 0 Å². The normalized spacial score (nSPS) is 12.5. The minimum atomic E-state index is -0.771. The van der Waals surface area contributed by atoms with Crippen molar-refractivity contribution in [2.75, 3.05) is 37.9 Å². The fourth-order valence-electron chi connectivity index (χ4n) is 2.34. The second-order valence-electron chi connectivity index (χ2n) is 6.61. The molecule has 0 saturated carbocycles. The van der Waals surface area contributed by atoms with E-state index in [-0.39, 0.29) is 26.4 Å². The Hall–Kier alpha value is -3.46. The van der Waals surface area contributed by atoms with Gasteiger partial charge in [-0.1, -0.05) is 0 Å². The van der Waals surface area contributed by atoms with Crippen molar-refractivity contribution in [2.24, 2.45) is 0 Å². The number of nitrogens with two attached hydrogens (primary N) is 2. The predicted molar refractivity (Wildman–Crippen MR) is 115 cm³/mol. The van der Waals surface area contributed by atoms with Crippen LogP contribution < -0.4 is 20.9 Å². The van der Waals surface area contributed by atoms with Gasteiger partial charge >= 0.3 is 11.9 Å². The molecule has 2 rings (SSSR count). The second-order valence-corrected chi connectivity index (χ2v) is 6.61. The van der Waals surface area contributed by atoms with E-state index in [2.05, 4.69) is 0 Å². The molecule has 0 aliphatic heterocycles. The molecule has 2 unspecified atom stereocenters. The van der Waals surface area contributed by atoms with Gasteiger partial charge in [0.05, 0.1) is 13.2 Å². The van der Waals surface area contributed by atoms with Crippen molar-refractivity contribution >= 4 is 23.3 Å². The van der Waals surface area contributed by atoms with Crippen molar-refractivity contribution in [1.29, 1.82) is 0 Å². The van der Waals surface area contributed by atoms with Gasteiger partial charge in [0.1, 0.15) is 24.7 Å². The van der Waals surface area contributed by atoms with Crippen molar-refractivity contribution in [2.45, 2.75) is 26.1 Å². The summed E-state index contributed by atoms with van der Waals surface area (Å²) in [6.07, 6.45) is -1.54. The number of carbonyl (C=O) groups excluding carboxylic acids is 2. The molecule has 0 saturated heterocycles. The van der Waals surface area contributed by atoms with E-state index in [0.717, 1.165) is 0 Å². The summed E-state index contributed by atoms with van der Waals surface area (Å²) in [5.41, 5.74) is 12.4. The number of esters is 2. The summed E-state index contributed by atoms with van der Waals surface area (Å²) in [5.74, 6) is 0.0126. The van der Waals surface area contributed by atoms with Gasteiger partial charge in [0.2, 0.25) is 0 Å². The third kappa shape index (κ3) is 8.83. The standard InChI is InChI=1S/C22H28N2O7/c1-15(30-19-7-3-17(23)4-8-19)21(25)28-13-11-27-12-14-29-22(26)16(2)31-20-9-5-18(24)6-10-20/h3-10,15-16H,11-14,23-24H2,1-2H3. The van der Waals surface area contributed by atoms with Gasteiger partial charge in [-0.05, 0) is 62.4 Å². The van der Waals surface area contributed by atoms with Crippen LogP contribution in [-0.4, -0.2) is 50.6 Å². The molecule has 0 aliphatic rings. The Kier molecular flexibility index (Phi) is 9.44. The van der Waals surface area contributed by atoms with Crippen LogP contribution in [-0.2, 0) is 23.8 Å². The number of benzene rings is 2. The van der Waals surface area contributed by atoms with Gasteiger partial charge in [-0.2, -0.15) is 0 Å². The summed E-state index contributed by atoms with van der Waals surface area (Å²) in [5, 5.41) is 0. The summed E-state index contributed by atoms with van der Waals surface area (Å²) < 4.78 is 26.4. The van der Waals surface area contributed by atoms with Crippen molar-refractivity contribution in [3.63, 3.8) is 0 Å². The lowest BCUT2D eigenvalue weighted by molar-refractivity contribution is -0.154. The Morgan fingerprint density at radius 3 is 1.39 bits per heavy atom. The molecule has 2 aromatic rings. The minimum Gasteiger partial charge on any atom is -0.479 e. The summed E-state index contributed by atoms with van der Waals surface area (Å²) in [6.45, 7) is 3.61. The Labute approximate surface area is 181 Å². The maximum Gasteiger partial charge on any atom is 0.347 e. The van der Waals surface area contributed by atoms with Gasteiger partial charge in [0.25, 0.3) is 0 Å². The molecule has 0 aromatic heterocycles. The van der Waals surface area contributed by atoms with E-state index >= 15 is 0 Å². The highest BCUT2D eigenvalue weighted by Crippen LogP contribution is 2.16. The number of hydrogen-bond donors (Lipinski definition) is 2. The minimum absolute atomic E-state index is 0.0544. The molecule has 0 fully saturated rings. The van der Waals surface area contributed by atoms with E-state index in [1.54, 1.807) is 62.4 Å². The molecule has 0 amide bonds. The average molecular weight is 432 g/mol. The van der Waals surface area contributed by atoms with Crippen LogP contribution in [0.1, 0.15) is 13.8 Å². The van der Waals surface area contributed by atoms with E-state index in [1.807, 2.05) is 0 Å². The van der Waals surface area contributed by atoms with Gasteiger partial charge in [0.15, 0.2) is 12.2 Å². The van der Waals surface area contributed by atoms with Crippen molar-refractivity contribution in [1.82, 2.24) is 0 Å². The summed E-state index contributed by atoms with van der Waals surface area (Å²) in [6, 6.07) is 13.4. The number of anilines is 2. The van der Waals surface area contributed by atoms with E-state index < -0.39 is 24.1 Å². The topological polar surface area (TPSA) is 132 Å². The smallest absolute Gasteiger partial charge is 0.347 e. The number of nitrogen functional groups attached to an aromatic ring is 2. The zero-order valence-electron chi connectivity index (χ0n) is 17.6. The van der Waals surface area contributed by atoms with Crippen LogP contribution in [0.4, 0.5) is 11.4 Å². The van der Waals surface area contributed by atoms with Crippen LogP contribution in [0.5, 0.6) is 11.5 Å². The highest BCUT2D eigenvalue weighted by molar-refractivity contribution is 5.75. The zero-order chi connectivity index (χ0) is 22.6. The maximum absolute atomic E-state index is 11.9. The zero-order valence-corrected chi connectivity index (χ0v) is 17.6. The van der Waals surface area contributed by atoms with Crippen LogP contribution in [0.25, 0.3) is 0 Å². The highest BCUT2D eigenvalue weighted by atomic mass is 16.6. The Morgan fingerprint density at radius 1 is 0.677 bits per heavy atom. The fraction of sp³-hybridized carbons (Fsp3) is 0.364. The van der Waals surface area contributed by atoms with E-state index in [0.29, 0.717) is 22.9 Å². The third-order valence-corrected chi connectivity index (χ3v) is 3.99. The van der Waals surface area contributed by atoms with Crippen molar-refractivity contribution < 1.29 is 33.3 Å². The first-order chi connectivity index (χ1) is 14.8. The molecule has 9 nitrogen and oxygen atoms in total. The quantitative estimate of drug-likeness (QED) is 0.294. The SMILES string of the molecule is CC(Oc1ccc(N)cc1)C(=O)OCCOCCOC(=O)C(C)Oc1ccc(N)cc1. The van der Waals surface area contributed by atoms with Gasteiger partial charge in [0, 0.05) is 11.4 Å². The predicted octanol–water partition coefficient (Wildman–Crippen LogP) is 2.19. The van der Waals surface area contributed by atoms with E-state index in [4.69, 9.17) is 35.2 Å². The Balaban J connectivity index is 1.53. The molecule has 0 aliphatic carbocycles. The molecule has 168 valence electrons. The molecule has 0 radical (unpaired) electrons. The molecular weight excluding hydrogens is 404 g/mol. The van der Waals surface area contributed by atoms with Gasteiger partial charge in [-0.25, -0.2) is 9.59 Å². The second kappa shape index (κ2) is 12.3. The summed E-state index contributed by atoms with van der Waals surface area (Å²) in [7, 11) is 0. The third-order valence-electron chi connectivity index (χ3n) is 3.99. The molecule has 4 N–H and O–H groups in total. The number of carbonyl (C=O) groups is 2. The molecule has 2 atom stereocenters. The number of rotatable bonds is 12. The van der Waals surface area contributed by atoms with Crippen molar-refractivity contribution in [3.8, 4) is 11.5 Å². The first-order valence-corrected chi connectivity index (χ1v) is 9.80. The largest absolute Gasteiger partial charge is 0.479 e. The fourth-order valence-corrected chi connectivity index (χ4v) is 2.34. The van der Waals surface area contributed by atoms with Gasteiger partial charge < -0.3 is 35.2 Å².